The quantitative estimate of drug-likeness (QED) is 0.473. The molecule has 0 amide bonds. The van der Waals surface area contributed by atoms with Crippen LogP contribution in [0.3, 0.4) is 0 Å². The molecule has 1 nitrogen and oxygen atoms in total. The van der Waals surface area contributed by atoms with E-state index in [0.717, 1.165) is 6.42 Å². The van der Waals surface area contributed by atoms with Crippen LogP contribution in [0.25, 0.3) is 0 Å². The monoisotopic (exact) mass is 152 g/mol. The van der Waals surface area contributed by atoms with Gasteiger partial charge >= 0.3 is 0 Å². The summed E-state index contributed by atoms with van der Waals surface area (Å²) < 4.78 is 0. The Hall–Kier alpha value is -0.820. The lowest BCUT2D eigenvalue weighted by atomic mass is 10.00. The summed E-state index contributed by atoms with van der Waals surface area (Å²) in [4.78, 5) is 0. The minimum atomic E-state index is -0.318. The molecule has 1 heteroatoms. The number of rotatable bonds is 5. The van der Waals surface area contributed by atoms with Gasteiger partial charge in [0.1, 0.15) is 0 Å². The van der Waals surface area contributed by atoms with Gasteiger partial charge in [-0.25, -0.2) is 0 Å². The van der Waals surface area contributed by atoms with Crippen LogP contribution in [0, 0.1) is 5.92 Å². The molecule has 0 saturated heterocycles. The van der Waals surface area contributed by atoms with Gasteiger partial charge in [0.2, 0.25) is 0 Å². The van der Waals surface area contributed by atoms with Gasteiger partial charge in [-0.3, -0.25) is 0 Å². The molecule has 0 aliphatic rings. The Bertz CT molecular complexity index is 145. The number of hydrogen-bond acceptors (Lipinski definition) is 1. The van der Waals surface area contributed by atoms with E-state index in [2.05, 4.69) is 13.2 Å². The maximum absolute atomic E-state index is 9.18. The van der Waals surface area contributed by atoms with E-state index in [1.54, 1.807) is 19.1 Å². The Labute approximate surface area is 68.7 Å². The van der Waals surface area contributed by atoms with Crippen molar-refractivity contribution in [3.05, 3.63) is 37.5 Å². The van der Waals surface area contributed by atoms with Crippen molar-refractivity contribution < 1.29 is 5.11 Å². The van der Waals surface area contributed by atoms with Gasteiger partial charge in [0.15, 0.2) is 0 Å². The van der Waals surface area contributed by atoms with Crippen molar-refractivity contribution in [3.8, 4) is 0 Å². The Morgan fingerprint density at radius 3 is 2.45 bits per heavy atom. The molecule has 0 aromatic rings. The zero-order valence-electron chi connectivity index (χ0n) is 7.03. The molecule has 0 aliphatic carbocycles. The first-order chi connectivity index (χ1) is 5.22. The molecule has 0 radical (unpaired) electrons. The first kappa shape index (κ1) is 10.2. The summed E-state index contributed by atoms with van der Waals surface area (Å²) in [7, 11) is 0. The van der Waals surface area contributed by atoms with Gasteiger partial charge in [0, 0.05) is 5.92 Å². The molecule has 2 unspecified atom stereocenters. The Kier molecular flexibility index (Phi) is 5.49. The summed E-state index contributed by atoms with van der Waals surface area (Å²) in [5, 5.41) is 9.18. The normalized spacial score (nSPS) is 16.2. The van der Waals surface area contributed by atoms with Crippen molar-refractivity contribution in [2.75, 3.05) is 0 Å². The molecule has 1 N–H and O–H groups in total. The molecule has 2 atom stereocenters. The molecule has 62 valence electrons. The van der Waals surface area contributed by atoms with Crippen LogP contribution in [0.4, 0.5) is 0 Å². The maximum Gasteiger partial charge on any atom is 0.0577 e. The summed E-state index contributed by atoms with van der Waals surface area (Å²) in [5.74, 6) is 0.159. The lowest BCUT2D eigenvalue weighted by Crippen LogP contribution is -2.12. The molecule has 0 rings (SSSR count). The average Bonchev–Trinajstić information content (AvgIpc) is 1.97. The molecule has 0 heterocycles. The molecule has 0 aliphatic heterocycles. The van der Waals surface area contributed by atoms with Crippen LogP contribution in [-0.2, 0) is 0 Å². The molecule has 0 fully saturated rings. The first-order valence-corrected chi connectivity index (χ1v) is 3.80. The summed E-state index contributed by atoms with van der Waals surface area (Å²) in [6.07, 6.45) is 7.86. The standard InChI is InChI=1S/C10H16O/c1-4-6-7-8-10(5-2)9(3)11/h4-7,9-11H,1-2,8H2,3H3/b7-6+. The second kappa shape index (κ2) is 5.93. The van der Waals surface area contributed by atoms with Crippen LogP contribution < -0.4 is 0 Å². The van der Waals surface area contributed by atoms with Crippen molar-refractivity contribution in [1.82, 2.24) is 0 Å². The number of allylic oxidation sites excluding steroid dienone is 3. The number of hydrogen-bond donors (Lipinski definition) is 1. The molecular weight excluding hydrogens is 136 g/mol. The highest BCUT2D eigenvalue weighted by Crippen LogP contribution is 2.10. The van der Waals surface area contributed by atoms with Gasteiger partial charge in [0.25, 0.3) is 0 Å². The van der Waals surface area contributed by atoms with Crippen molar-refractivity contribution in [1.29, 1.82) is 0 Å². The Morgan fingerprint density at radius 1 is 1.45 bits per heavy atom. The highest BCUT2D eigenvalue weighted by molar-refractivity contribution is 5.00. The third kappa shape index (κ3) is 4.57. The van der Waals surface area contributed by atoms with E-state index in [0.29, 0.717) is 0 Å². The van der Waals surface area contributed by atoms with Gasteiger partial charge in [-0.15, -0.1) is 6.58 Å². The summed E-state index contributed by atoms with van der Waals surface area (Å²) >= 11 is 0. The van der Waals surface area contributed by atoms with Gasteiger partial charge in [-0.1, -0.05) is 30.9 Å². The Morgan fingerprint density at radius 2 is 2.09 bits per heavy atom. The molecular formula is C10H16O. The topological polar surface area (TPSA) is 20.2 Å². The van der Waals surface area contributed by atoms with Crippen LogP contribution in [0.2, 0.25) is 0 Å². The van der Waals surface area contributed by atoms with Crippen molar-refractivity contribution in [2.45, 2.75) is 19.4 Å². The molecule has 0 aromatic carbocycles. The predicted molar refractivity (Wildman–Crippen MR) is 49.3 cm³/mol. The number of aliphatic hydroxyl groups excluding tert-OH is 1. The van der Waals surface area contributed by atoms with E-state index in [1.165, 1.54) is 0 Å². The van der Waals surface area contributed by atoms with Crippen LogP contribution >= 0.6 is 0 Å². The van der Waals surface area contributed by atoms with Crippen molar-refractivity contribution >= 4 is 0 Å². The lowest BCUT2D eigenvalue weighted by molar-refractivity contribution is 0.150. The molecule has 0 spiro atoms. The Balaban J connectivity index is 3.78. The predicted octanol–water partition coefficient (Wildman–Crippen LogP) is 2.30. The van der Waals surface area contributed by atoms with Gasteiger partial charge in [-0.2, -0.15) is 0 Å². The fourth-order valence-corrected chi connectivity index (χ4v) is 0.822. The van der Waals surface area contributed by atoms with Crippen molar-refractivity contribution in [2.24, 2.45) is 5.92 Å². The van der Waals surface area contributed by atoms with Gasteiger partial charge in [0.05, 0.1) is 6.10 Å². The summed E-state index contributed by atoms with van der Waals surface area (Å²) in [6, 6.07) is 0. The average molecular weight is 152 g/mol. The van der Waals surface area contributed by atoms with E-state index in [1.807, 2.05) is 12.2 Å². The van der Waals surface area contributed by atoms with Crippen LogP contribution in [0.1, 0.15) is 13.3 Å². The molecule has 11 heavy (non-hydrogen) atoms. The lowest BCUT2D eigenvalue weighted by Gasteiger charge is -2.12. The smallest absolute Gasteiger partial charge is 0.0577 e. The molecule has 0 saturated carbocycles. The maximum atomic E-state index is 9.18. The largest absolute Gasteiger partial charge is 0.393 e. The second-order valence-corrected chi connectivity index (χ2v) is 2.54. The fourth-order valence-electron chi connectivity index (χ4n) is 0.822. The third-order valence-corrected chi connectivity index (χ3v) is 1.60. The summed E-state index contributed by atoms with van der Waals surface area (Å²) in [5.41, 5.74) is 0. The van der Waals surface area contributed by atoms with E-state index in [-0.39, 0.29) is 12.0 Å². The van der Waals surface area contributed by atoms with E-state index < -0.39 is 0 Å². The fraction of sp³-hybridized carbons (Fsp3) is 0.400. The minimum absolute atomic E-state index is 0.159. The van der Waals surface area contributed by atoms with Crippen LogP contribution in [0.15, 0.2) is 37.5 Å². The first-order valence-electron chi connectivity index (χ1n) is 3.80. The highest BCUT2D eigenvalue weighted by atomic mass is 16.3. The minimum Gasteiger partial charge on any atom is -0.393 e. The van der Waals surface area contributed by atoms with Crippen LogP contribution in [-0.4, -0.2) is 11.2 Å². The van der Waals surface area contributed by atoms with E-state index >= 15 is 0 Å². The zero-order valence-corrected chi connectivity index (χ0v) is 7.03. The number of aliphatic hydroxyl groups is 1. The summed E-state index contributed by atoms with van der Waals surface area (Å²) in [6.45, 7) is 8.97. The SMILES string of the molecule is C=C/C=C/CC(C=C)C(C)O. The molecule has 0 bridgehead atoms. The highest BCUT2D eigenvalue weighted by Gasteiger charge is 2.07. The van der Waals surface area contributed by atoms with E-state index in [4.69, 9.17) is 0 Å². The van der Waals surface area contributed by atoms with Gasteiger partial charge in [-0.05, 0) is 13.3 Å². The van der Waals surface area contributed by atoms with Crippen LogP contribution in [0.5, 0.6) is 0 Å². The van der Waals surface area contributed by atoms with Crippen molar-refractivity contribution in [3.63, 3.8) is 0 Å². The molecule has 0 aromatic heterocycles. The second-order valence-electron chi connectivity index (χ2n) is 2.54. The van der Waals surface area contributed by atoms with Gasteiger partial charge < -0.3 is 5.11 Å². The zero-order chi connectivity index (χ0) is 8.69. The van der Waals surface area contributed by atoms with E-state index in [9.17, 15) is 5.11 Å². The third-order valence-electron chi connectivity index (χ3n) is 1.60.